The molecule has 0 aliphatic carbocycles. The fourth-order valence-electron chi connectivity index (χ4n) is 2.54. The van der Waals surface area contributed by atoms with Gasteiger partial charge < -0.3 is 14.4 Å². The molecule has 0 saturated carbocycles. The van der Waals surface area contributed by atoms with Gasteiger partial charge >= 0.3 is 0 Å². The average molecular weight is 275 g/mol. The molecule has 1 aromatic rings. The Kier molecular flexibility index (Phi) is 3.58. The number of benzene rings is 1. The number of rotatable bonds is 3. The third kappa shape index (κ3) is 2.61. The minimum absolute atomic E-state index is 0.0569. The second-order valence-electron chi connectivity index (χ2n) is 5.12. The molecule has 0 atom stereocenters. The molecule has 5 nitrogen and oxygen atoms in total. The Morgan fingerprint density at radius 1 is 1.15 bits per heavy atom. The van der Waals surface area contributed by atoms with Crippen LogP contribution in [-0.2, 0) is 4.79 Å². The second kappa shape index (κ2) is 5.53. The van der Waals surface area contributed by atoms with Crippen LogP contribution in [0.2, 0.25) is 0 Å². The molecule has 1 saturated heterocycles. The maximum atomic E-state index is 12.3. The average Bonchev–Trinajstić information content (AvgIpc) is 2.83. The number of nitrogens with zero attached hydrogens (tertiary/aromatic N) is 1. The lowest BCUT2D eigenvalue weighted by Crippen LogP contribution is -2.35. The summed E-state index contributed by atoms with van der Waals surface area (Å²) < 4.78 is 10.5. The van der Waals surface area contributed by atoms with Gasteiger partial charge in [-0.1, -0.05) is 6.42 Å². The zero-order valence-corrected chi connectivity index (χ0v) is 11.3. The van der Waals surface area contributed by atoms with Crippen LogP contribution in [-0.4, -0.2) is 36.5 Å². The normalized spacial score (nSPS) is 18.0. The topological polar surface area (TPSA) is 55.8 Å². The minimum atomic E-state index is -0.0569. The molecular weight excluding hydrogens is 258 g/mol. The standard InChI is InChI=1S/C15H17NO4/c17-12(9-16-7-3-1-2-4-15(16)18)11-5-6-13-14(8-11)20-10-19-13/h5-6,8H,1-4,7,9-10H2. The van der Waals surface area contributed by atoms with E-state index >= 15 is 0 Å². The third-order valence-electron chi connectivity index (χ3n) is 3.70. The number of hydrogen-bond donors (Lipinski definition) is 0. The van der Waals surface area contributed by atoms with Crippen molar-refractivity contribution in [1.82, 2.24) is 4.90 Å². The number of ether oxygens (including phenoxy) is 2. The molecule has 20 heavy (non-hydrogen) atoms. The van der Waals surface area contributed by atoms with Gasteiger partial charge in [-0.15, -0.1) is 0 Å². The van der Waals surface area contributed by atoms with Crippen LogP contribution in [0.15, 0.2) is 18.2 Å². The van der Waals surface area contributed by atoms with Gasteiger partial charge in [0.1, 0.15) is 0 Å². The highest BCUT2D eigenvalue weighted by molar-refractivity contribution is 5.99. The first-order chi connectivity index (χ1) is 9.74. The highest BCUT2D eigenvalue weighted by atomic mass is 16.7. The van der Waals surface area contributed by atoms with Crippen LogP contribution >= 0.6 is 0 Å². The monoisotopic (exact) mass is 275 g/mol. The van der Waals surface area contributed by atoms with Crippen molar-refractivity contribution in [3.8, 4) is 11.5 Å². The molecule has 0 radical (unpaired) electrons. The summed E-state index contributed by atoms with van der Waals surface area (Å²) in [5, 5.41) is 0. The first-order valence-electron chi connectivity index (χ1n) is 6.95. The van der Waals surface area contributed by atoms with E-state index in [1.54, 1.807) is 23.1 Å². The Balaban J connectivity index is 1.71. The predicted octanol–water partition coefficient (Wildman–Crippen LogP) is 2.00. The summed E-state index contributed by atoms with van der Waals surface area (Å²) in [6.45, 7) is 1.02. The van der Waals surface area contributed by atoms with Crippen molar-refractivity contribution in [3.05, 3.63) is 23.8 Å². The molecule has 0 unspecified atom stereocenters. The fraction of sp³-hybridized carbons (Fsp3) is 0.467. The molecule has 5 heteroatoms. The molecule has 0 aromatic heterocycles. The van der Waals surface area contributed by atoms with E-state index in [9.17, 15) is 9.59 Å². The van der Waals surface area contributed by atoms with Gasteiger partial charge in [0.05, 0.1) is 6.54 Å². The highest BCUT2D eigenvalue weighted by Gasteiger charge is 2.21. The summed E-state index contributed by atoms with van der Waals surface area (Å²) in [6.07, 6.45) is 3.50. The van der Waals surface area contributed by atoms with Gasteiger partial charge in [0, 0.05) is 18.5 Å². The van der Waals surface area contributed by atoms with Crippen molar-refractivity contribution >= 4 is 11.7 Å². The largest absolute Gasteiger partial charge is 0.454 e. The summed E-state index contributed by atoms with van der Waals surface area (Å²) in [6, 6.07) is 5.14. The summed E-state index contributed by atoms with van der Waals surface area (Å²) >= 11 is 0. The van der Waals surface area contributed by atoms with Gasteiger partial charge in [-0.3, -0.25) is 9.59 Å². The second-order valence-corrected chi connectivity index (χ2v) is 5.12. The molecule has 1 fully saturated rings. The number of likely N-dealkylation sites (tertiary alicyclic amines) is 1. The maximum Gasteiger partial charge on any atom is 0.231 e. The van der Waals surface area contributed by atoms with Crippen LogP contribution in [0.25, 0.3) is 0 Å². The Hall–Kier alpha value is -2.04. The van der Waals surface area contributed by atoms with E-state index in [2.05, 4.69) is 0 Å². The first-order valence-corrected chi connectivity index (χ1v) is 6.95. The number of fused-ring (bicyclic) bond motifs is 1. The van der Waals surface area contributed by atoms with Gasteiger partial charge in [-0.05, 0) is 31.0 Å². The molecule has 1 amide bonds. The van der Waals surface area contributed by atoms with Gasteiger partial charge in [-0.2, -0.15) is 0 Å². The Labute approximate surface area is 117 Å². The van der Waals surface area contributed by atoms with Gasteiger partial charge in [0.25, 0.3) is 0 Å². The van der Waals surface area contributed by atoms with Gasteiger partial charge in [0.15, 0.2) is 17.3 Å². The van der Waals surface area contributed by atoms with Crippen LogP contribution in [0.5, 0.6) is 11.5 Å². The van der Waals surface area contributed by atoms with Crippen molar-refractivity contribution < 1.29 is 19.1 Å². The number of Topliss-reactive ketones (excluding diaryl/α,β-unsaturated/α-hetero) is 1. The molecule has 1 aromatic carbocycles. The van der Waals surface area contributed by atoms with Gasteiger partial charge in [-0.25, -0.2) is 0 Å². The molecular formula is C15H17NO4. The van der Waals surface area contributed by atoms with E-state index in [1.165, 1.54) is 0 Å². The molecule has 0 N–H and O–H groups in total. The zero-order valence-electron chi connectivity index (χ0n) is 11.3. The van der Waals surface area contributed by atoms with E-state index in [-0.39, 0.29) is 25.0 Å². The molecule has 0 spiro atoms. The summed E-state index contributed by atoms with van der Waals surface area (Å²) in [5.74, 6) is 1.28. The van der Waals surface area contributed by atoms with Crippen molar-refractivity contribution in [2.24, 2.45) is 0 Å². The third-order valence-corrected chi connectivity index (χ3v) is 3.70. The van der Waals surface area contributed by atoms with E-state index < -0.39 is 0 Å². The molecule has 2 heterocycles. The lowest BCUT2D eigenvalue weighted by Gasteiger charge is -2.19. The van der Waals surface area contributed by atoms with E-state index in [0.29, 0.717) is 30.0 Å². The Bertz CT molecular complexity index is 541. The molecule has 3 rings (SSSR count). The SMILES string of the molecule is O=C(CN1CCCCCC1=O)c1ccc2c(c1)OCO2. The summed E-state index contributed by atoms with van der Waals surface area (Å²) in [4.78, 5) is 25.8. The number of carbonyl (C=O) groups excluding carboxylic acids is 2. The van der Waals surface area contributed by atoms with E-state index in [0.717, 1.165) is 19.3 Å². The summed E-state index contributed by atoms with van der Waals surface area (Å²) in [7, 11) is 0. The molecule has 0 bridgehead atoms. The van der Waals surface area contributed by atoms with E-state index in [4.69, 9.17) is 9.47 Å². The maximum absolute atomic E-state index is 12.3. The van der Waals surface area contributed by atoms with Crippen LogP contribution in [0.1, 0.15) is 36.0 Å². The van der Waals surface area contributed by atoms with Crippen molar-refractivity contribution in [3.63, 3.8) is 0 Å². The molecule has 2 aliphatic rings. The van der Waals surface area contributed by atoms with Crippen molar-refractivity contribution in [1.29, 1.82) is 0 Å². The quantitative estimate of drug-likeness (QED) is 0.792. The first kappa shape index (κ1) is 13.0. The van der Waals surface area contributed by atoms with Crippen LogP contribution < -0.4 is 9.47 Å². The Morgan fingerprint density at radius 2 is 2.00 bits per heavy atom. The summed E-state index contributed by atoms with van der Waals surface area (Å²) in [5.41, 5.74) is 0.561. The van der Waals surface area contributed by atoms with Crippen LogP contribution in [0.4, 0.5) is 0 Å². The fourth-order valence-corrected chi connectivity index (χ4v) is 2.54. The number of hydrogen-bond acceptors (Lipinski definition) is 4. The number of ketones is 1. The zero-order chi connectivity index (χ0) is 13.9. The van der Waals surface area contributed by atoms with Crippen LogP contribution in [0, 0.1) is 0 Å². The molecule has 2 aliphatic heterocycles. The molecule has 106 valence electrons. The number of carbonyl (C=O) groups is 2. The highest BCUT2D eigenvalue weighted by Crippen LogP contribution is 2.32. The minimum Gasteiger partial charge on any atom is -0.454 e. The lowest BCUT2D eigenvalue weighted by atomic mass is 10.1. The van der Waals surface area contributed by atoms with Crippen molar-refractivity contribution in [2.75, 3.05) is 19.9 Å². The number of amides is 1. The predicted molar refractivity (Wildman–Crippen MR) is 71.9 cm³/mol. The van der Waals surface area contributed by atoms with Gasteiger partial charge in [0.2, 0.25) is 12.7 Å². The van der Waals surface area contributed by atoms with E-state index in [1.807, 2.05) is 0 Å². The van der Waals surface area contributed by atoms with Crippen molar-refractivity contribution in [2.45, 2.75) is 25.7 Å². The Morgan fingerprint density at radius 3 is 2.90 bits per heavy atom. The smallest absolute Gasteiger partial charge is 0.231 e. The lowest BCUT2D eigenvalue weighted by molar-refractivity contribution is -0.130. The van der Waals surface area contributed by atoms with Crippen LogP contribution in [0.3, 0.4) is 0 Å².